The number of likely N-dealkylation sites (tertiary alicyclic amines) is 1. The summed E-state index contributed by atoms with van der Waals surface area (Å²) in [6.45, 7) is 3.51. The normalized spacial score (nSPS) is 29.5. The maximum absolute atomic E-state index is 12.9. The van der Waals surface area contributed by atoms with Gasteiger partial charge in [-0.2, -0.15) is 0 Å². The molecule has 2 rings (SSSR count). The van der Waals surface area contributed by atoms with E-state index in [-0.39, 0.29) is 12.0 Å². The van der Waals surface area contributed by atoms with Crippen molar-refractivity contribution in [1.29, 1.82) is 0 Å². The monoisotopic (exact) mass is 344 g/mol. The lowest BCUT2D eigenvalue weighted by atomic mass is 9.80. The van der Waals surface area contributed by atoms with E-state index in [9.17, 15) is 13.2 Å². The number of hydrogen-bond donors (Lipinski definition) is 1. The van der Waals surface area contributed by atoms with Gasteiger partial charge >= 0.3 is 0 Å². The minimum Gasteiger partial charge on any atom is -0.339 e. The molecular weight excluding hydrogens is 312 g/mol. The molecule has 0 aromatic rings. The average molecular weight is 345 g/mol. The van der Waals surface area contributed by atoms with Crippen molar-refractivity contribution in [1.82, 2.24) is 9.62 Å². The second-order valence-corrected chi connectivity index (χ2v) is 9.10. The van der Waals surface area contributed by atoms with Gasteiger partial charge in [0.1, 0.15) is 0 Å². The summed E-state index contributed by atoms with van der Waals surface area (Å²) in [4.78, 5) is 15.0. The van der Waals surface area contributed by atoms with E-state index in [1.807, 2.05) is 0 Å². The molecule has 1 amide bonds. The SMILES string of the molecule is CCC1CCC(C(=O)N2CCCC[C@@H]2CCNS(C)(=O)=O)CC1. The van der Waals surface area contributed by atoms with Crippen LogP contribution in [0, 0.1) is 11.8 Å². The maximum atomic E-state index is 12.9. The molecule has 5 nitrogen and oxygen atoms in total. The molecule has 2 fully saturated rings. The van der Waals surface area contributed by atoms with E-state index in [1.54, 1.807) is 0 Å². The number of sulfonamides is 1. The Kier molecular flexibility index (Phi) is 6.89. The topological polar surface area (TPSA) is 66.5 Å². The van der Waals surface area contributed by atoms with Crippen LogP contribution in [0.5, 0.6) is 0 Å². The lowest BCUT2D eigenvalue weighted by Crippen LogP contribution is -2.48. The predicted molar refractivity (Wildman–Crippen MR) is 92.6 cm³/mol. The van der Waals surface area contributed by atoms with Crippen molar-refractivity contribution in [3.05, 3.63) is 0 Å². The van der Waals surface area contributed by atoms with Crippen LogP contribution in [0.3, 0.4) is 0 Å². The zero-order valence-corrected chi connectivity index (χ0v) is 15.4. The Morgan fingerprint density at radius 2 is 1.83 bits per heavy atom. The van der Waals surface area contributed by atoms with Gasteiger partial charge in [0.15, 0.2) is 0 Å². The first-order chi connectivity index (χ1) is 10.9. The van der Waals surface area contributed by atoms with Gasteiger partial charge in [0.2, 0.25) is 15.9 Å². The highest BCUT2D eigenvalue weighted by molar-refractivity contribution is 7.88. The van der Waals surface area contributed by atoms with Crippen molar-refractivity contribution in [3.63, 3.8) is 0 Å². The van der Waals surface area contributed by atoms with E-state index in [0.717, 1.165) is 51.0 Å². The van der Waals surface area contributed by atoms with Crippen LogP contribution in [-0.2, 0) is 14.8 Å². The van der Waals surface area contributed by atoms with E-state index in [2.05, 4.69) is 16.5 Å². The van der Waals surface area contributed by atoms with Crippen LogP contribution in [0.15, 0.2) is 0 Å². The minimum atomic E-state index is -3.15. The molecule has 1 aliphatic carbocycles. The Balaban J connectivity index is 1.88. The van der Waals surface area contributed by atoms with E-state index < -0.39 is 10.0 Å². The smallest absolute Gasteiger partial charge is 0.225 e. The number of carbonyl (C=O) groups is 1. The fraction of sp³-hybridized carbons (Fsp3) is 0.941. The molecule has 0 spiro atoms. The molecule has 134 valence electrons. The van der Waals surface area contributed by atoms with Crippen LogP contribution in [0.1, 0.15) is 64.7 Å². The number of rotatable bonds is 6. The largest absolute Gasteiger partial charge is 0.339 e. The van der Waals surface area contributed by atoms with E-state index >= 15 is 0 Å². The molecule has 0 aromatic carbocycles. The van der Waals surface area contributed by atoms with Gasteiger partial charge in [-0.25, -0.2) is 13.1 Å². The summed E-state index contributed by atoms with van der Waals surface area (Å²) < 4.78 is 25.0. The van der Waals surface area contributed by atoms with Gasteiger partial charge in [-0.15, -0.1) is 0 Å². The summed E-state index contributed by atoms with van der Waals surface area (Å²) in [6, 6.07) is 0.203. The van der Waals surface area contributed by atoms with Crippen LogP contribution in [-0.4, -0.2) is 44.6 Å². The number of amides is 1. The predicted octanol–water partition coefficient (Wildman–Crippen LogP) is 2.52. The van der Waals surface area contributed by atoms with Crippen molar-refractivity contribution in [2.24, 2.45) is 11.8 Å². The van der Waals surface area contributed by atoms with Gasteiger partial charge in [-0.1, -0.05) is 13.3 Å². The summed E-state index contributed by atoms with van der Waals surface area (Å²) >= 11 is 0. The molecule has 1 atom stereocenters. The van der Waals surface area contributed by atoms with E-state index in [4.69, 9.17) is 0 Å². The Hall–Kier alpha value is -0.620. The van der Waals surface area contributed by atoms with Gasteiger partial charge in [0, 0.05) is 25.0 Å². The summed E-state index contributed by atoms with van der Waals surface area (Å²) in [5.74, 6) is 1.32. The molecule has 2 aliphatic rings. The van der Waals surface area contributed by atoms with Crippen molar-refractivity contribution < 1.29 is 13.2 Å². The molecule has 0 bridgehead atoms. The maximum Gasteiger partial charge on any atom is 0.225 e. The first-order valence-electron chi connectivity index (χ1n) is 9.15. The summed E-state index contributed by atoms with van der Waals surface area (Å²) in [5.41, 5.74) is 0. The molecule has 0 radical (unpaired) electrons. The molecule has 6 heteroatoms. The molecule has 0 aromatic heterocycles. The van der Waals surface area contributed by atoms with Crippen molar-refractivity contribution >= 4 is 15.9 Å². The van der Waals surface area contributed by atoms with Gasteiger partial charge in [0.25, 0.3) is 0 Å². The van der Waals surface area contributed by atoms with Gasteiger partial charge < -0.3 is 4.90 Å². The van der Waals surface area contributed by atoms with Crippen molar-refractivity contribution in [2.45, 2.75) is 70.8 Å². The van der Waals surface area contributed by atoms with Crippen LogP contribution in [0.4, 0.5) is 0 Å². The number of hydrogen-bond acceptors (Lipinski definition) is 3. The fourth-order valence-corrected chi connectivity index (χ4v) is 4.54. The van der Waals surface area contributed by atoms with E-state index in [1.165, 1.54) is 25.5 Å². The highest BCUT2D eigenvalue weighted by atomic mass is 32.2. The van der Waals surface area contributed by atoms with E-state index in [0.29, 0.717) is 12.5 Å². The number of nitrogens with zero attached hydrogens (tertiary/aromatic N) is 1. The molecule has 1 aliphatic heterocycles. The number of carbonyl (C=O) groups excluding carboxylic acids is 1. The molecule has 1 saturated heterocycles. The van der Waals surface area contributed by atoms with Gasteiger partial charge in [0.05, 0.1) is 6.26 Å². The second kappa shape index (κ2) is 8.47. The van der Waals surface area contributed by atoms with Crippen LogP contribution < -0.4 is 4.72 Å². The summed E-state index contributed by atoms with van der Waals surface area (Å²) in [6.07, 6.45) is 10.8. The zero-order chi connectivity index (χ0) is 16.9. The third kappa shape index (κ3) is 5.75. The zero-order valence-electron chi connectivity index (χ0n) is 14.6. The van der Waals surface area contributed by atoms with Gasteiger partial charge in [-0.3, -0.25) is 4.79 Å². The molecule has 1 saturated carbocycles. The Bertz CT molecular complexity index is 484. The fourth-order valence-electron chi connectivity index (χ4n) is 4.05. The molecule has 23 heavy (non-hydrogen) atoms. The molecule has 1 N–H and O–H groups in total. The second-order valence-electron chi connectivity index (χ2n) is 7.26. The quantitative estimate of drug-likeness (QED) is 0.805. The Morgan fingerprint density at radius 3 is 2.43 bits per heavy atom. The molecule has 1 heterocycles. The Labute approximate surface area is 141 Å². The van der Waals surface area contributed by atoms with Crippen LogP contribution >= 0.6 is 0 Å². The number of nitrogens with one attached hydrogen (secondary N) is 1. The standard InChI is InChI=1S/C17H32N2O3S/c1-3-14-7-9-15(10-8-14)17(20)19-13-5-4-6-16(19)11-12-18-23(2,21)22/h14-16,18H,3-13H2,1-2H3/t14?,15?,16-/m1/s1. The highest BCUT2D eigenvalue weighted by Crippen LogP contribution is 2.33. The van der Waals surface area contributed by atoms with Crippen LogP contribution in [0.2, 0.25) is 0 Å². The minimum absolute atomic E-state index is 0.196. The average Bonchev–Trinajstić information content (AvgIpc) is 2.53. The molecular formula is C17H32N2O3S. The van der Waals surface area contributed by atoms with Crippen molar-refractivity contribution in [2.75, 3.05) is 19.3 Å². The lowest BCUT2D eigenvalue weighted by Gasteiger charge is -2.39. The first kappa shape index (κ1) is 18.7. The first-order valence-corrected chi connectivity index (χ1v) is 11.0. The third-order valence-electron chi connectivity index (χ3n) is 5.53. The van der Waals surface area contributed by atoms with Gasteiger partial charge in [-0.05, 0) is 57.3 Å². The molecule has 0 unspecified atom stereocenters. The highest BCUT2D eigenvalue weighted by Gasteiger charge is 2.33. The summed E-state index contributed by atoms with van der Waals surface area (Å²) in [5, 5.41) is 0. The lowest BCUT2D eigenvalue weighted by molar-refractivity contribution is -0.140. The van der Waals surface area contributed by atoms with Crippen LogP contribution in [0.25, 0.3) is 0 Å². The third-order valence-corrected chi connectivity index (χ3v) is 6.25. The van der Waals surface area contributed by atoms with Crippen molar-refractivity contribution in [3.8, 4) is 0 Å². The number of piperidine rings is 1. The Morgan fingerprint density at radius 1 is 1.13 bits per heavy atom. The summed E-state index contributed by atoms with van der Waals surface area (Å²) in [7, 11) is -3.15.